The zero-order chi connectivity index (χ0) is 11.4. The van der Waals surface area contributed by atoms with Crippen LogP contribution in [0.1, 0.15) is 64.7 Å². The molecule has 3 N–H and O–H groups in total. The Labute approximate surface area is 100 Å². The van der Waals surface area contributed by atoms with Crippen LogP contribution >= 0.6 is 0 Å². The maximum atomic E-state index is 5.94. The zero-order valence-electron chi connectivity index (χ0n) is 10.8. The molecule has 2 heteroatoms. The third-order valence-electron chi connectivity index (χ3n) is 4.63. The Morgan fingerprint density at radius 2 is 1.56 bits per heavy atom. The lowest BCUT2D eigenvalue weighted by Crippen LogP contribution is -2.44. The lowest BCUT2D eigenvalue weighted by molar-refractivity contribution is 0.238. The summed E-state index contributed by atoms with van der Waals surface area (Å²) in [5, 5.41) is 3.85. The largest absolute Gasteiger partial charge is 0.328 e. The van der Waals surface area contributed by atoms with Crippen molar-refractivity contribution in [1.29, 1.82) is 0 Å². The van der Waals surface area contributed by atoms with Gasteiger partial charge in [0.1, 0.15) is 0 Å². The van der Waals surface area contributed by atoms with Crippen LogP contribution in [-0.2, 0) is 0 Å². The summed E-state index contributed by atoms with van der Waals surface area (Å²) in [5.74, 6) is 0.935. The van der Waals surface area contributed by atoms with E-state index >= 15 is 0 Å². The Morgan fingerprint density at radius 1 is 0.938 bits per heavy atom. The van der Waals surface area contributed by atoms with Crippen molar-refractivity contribution in [2.75, 3.05) is 0 Å². The summed E-state index contributed by atoms with van der Waals surface area (Å²) >= 11 is 0. The van der Waals surface area contributed by atoms with Gasteiger partial charge < -0.3 is 11.1 Å². The van der Waals surface area contributed by atoms with Gasteiger partial charge in [-0.1, -0.05) is 19.3 Å². The average Bonchev–Trinajstić information content (AvgIpc) is 2.33. The molecule has 2 aliphatic rings. The summed E-state index contributed by atoms with van der Waals surface area (Å²) in [6.07, 6.45) is 12.3. The van der Waals surface area contributed by atoms with Crippen LogP contribution in [0, 0.1) is 5.92 Å². The molecular weight excluding hydrogens is 196 g/mol. The van der Waals surface area contributed by atoms with Crippen LogP contribution < -0.4 is 11.1 Å². The highest BCUT2D eigenvalue weighted by atomic mass is 15.0. The highest BCUT2D eigenvalue weighted by Crippen LogP contribution is 2.27. The maximum absolute atomic E-state index is 5.94. The van der Waals surface area contributed by atoms with Crippen LogP contribution in [0.15, 0.2) is 0 Å². The highest BCUT2D eigenvalue weighted by Gasteiger charge is 2.24. The monoisotopic (exact) mass is 224 g/mol. The topological polar surface area (TPSA) is 38.0 Å². The minimum absolute atomic E-state index is 0.475. The molecule has 0 spiro atoms. The fourth-order valence-electron chi connectivity index (χ4n) is 3.43. The summed E-state index contributed by atoms with van der Waals surface area (Å²) < 4.78 is 0. The van der Waals surface area contributed by atoms with E-state index in [4.69, 9.17) is 5.73 Å². The van der Waals surface area contributed by atoms with E-state index in [0.29, 0.717) is 6.04 Å². The Morgan fingerprint density at radius 3 is 2.19 bits per heavy atom. The van der Waals surface area contributed by atoms with Gasteiger partial charge in [0.25, 0.3) is 0 Å². The molecule has 2 nitrogen and oxygen atoms in total. The van der Waals surface area contributed by atoms with Crippen molar-refractivity contribution < 1.29 is 0 Å². The van der Waals surface area contributed by atoms with Crippen LogP contribution in [-0.4, -0.2) is 18.1 Å². The SMILES string of the molecule is CC(NC1CCC(N)CC1)C1CCCCC1. The summed E-state index contributed by atoms with van der Waals surface area (Å²) in [4.78, 5) is 0. The Bertz CT molecular complexity index is 191. The van der Waals surface area contributed by atoms with Crippen molar-refractivity contribution in [2.45, 2.75) is 82.8 Å². The molecule has 0 aromatic carbocycles. The molecule has 0 radical (unpaired) electrons. The van der Waals surface area contributed by atoms with E-state index in [0.717, 1.165) is 18.0 Å². The van der Waals surface area contributed by atoms with Gasteiger partial charge in [-0.2, -0.15) is 0 Å². The van der Waals surface area contributed by atoms with Gasteiger partial charge in [0.2, 0.25) is 0 Å². The number of rotatable bonds is 3. The smallest absolute Gasteiger partial charge is 0.00708 e. The van der Waals surface area contributed by atoms with E-state index in [2.05, 4.69) is 12.2 Å². The molecule has 0 aliphatic heterocycles. The zero-order valence-corrected chi connectivity index (χ0v) is 10.8. The molecule has 0 aromatic heterocycles. The van der Waals surface area contributed by atoms with Gasteiger partial charge in [-0.25, -0.2) is 0 Å². The predicted molar refractivity (Wildman–Crippen MR) is 69.4 cm³/mol. The minimum Gasteiger partial charge on any atom is -0.328 e. The fourth-order valence-corrected chi connectivity index (χ4v) is 3.43. The predicted octanol–water partition coefficient (Wildman–Crippen LogP) is 2.81. The Kier molecular flexibility index (Phi) is 4.66. The lowest BCUT2D eigenvalue weighted by Gasteiger charge is -2.34. The van der Waals surface area contributed by atoms with Crippen molar-refractivity contribution in [3.8, 4) is 0 Å². The van der Waals surface area contributed by atoms with E-state index in [-0.39, 0.29) is 0 Å². The first-order chi connectivity index (χ1) is 7.75. The van der Waals surface area contributed by atoms with Crippen molar-refractivity contribution >= 4 is 0 Å². The van der Waals surface area contributed by atoms with Gasteiger partial charge in [-0.15, -0.1) is 0 Å². The standard InChI is InChI=1S/C14H28N2/c1-11(12-5-3-2-4-6-12)16-14-9-7-13(15)8-10-14/h11-14,16H,2-10,15H2,1H3. The number of nitrogens with one attached hydrogen (secondary N) is 1. The fraction of sp³-hybridized carbons (Fsp3) is 1.00. The third kappa shape index (κ3) is 3.46. The lowest BCUT2D eigenvalue weighted by atomic mass is 9.83. The van der Waals surface area contributed by atoms with Crippen molar-refractivity contribution in [1.82, 2.24) is 5.32 Å². The summed E-state index contributed by atoms with van der Waals surface area (Å²) in [6, 6.07) is 1.94. The van der Waals surface area contributed by atoms with Crippen molar-refractivity contribution in [3.05, 3.63) is 0 Å². The van der Waals surface area contributed by atoms with E-state index in [1.807, 2.05) is 0 Å². The van der Waals surface area contributed by atoms with Crippen LogP contribution in [0.5, 0.6) is 0 Å². The Balaban J connectivity index is 1.71. The van der Waals surface area contributed by atoms with Gasteiger partial charge in [-0.05, 0) is 51.4 Å². The Hall–Kier alpha value is -0.0800. The molecule has 0 saturated heterocycles. The van der Waals surface area contributed by atoms with Crippen LogP contribution in [0.25, 0.3) is 0 Å². The van der Waals surface area contributed by atoms with E-state index in [1.54, 1.807) is 0 Å². The highest BCUT2D eigenvalue weighted by molar-refractivity contribution is 4.83. The first kappa shape index (κ1) is 12.4. The number of hydrogen-bond acceptors (Lipinski definition) is 2. The van der Waals surface area contributed by atoms with Gasteiger partial charge in [0.05, 0.1) is 0 Å². The average molecular weight is 224 g/mol. The molecule has 2 rings (SSSR count). The summed E-state index contributed by atoms with van der Waals surface area (Å²) in [6.45, 7) is 2.39. The van der Waals surface area contributed by atoms with E-state index in [9.17, 15) is 0 Å². The van der Waals surface area contributed by atoms with E-state index in [1.165, 1.54) is 57.8 Å². The van der Waals surface area contributed by atoms with E-state index < -0.39 is 0 Å². The molecule has 0 amide bonds. The molecule has 2 aliphatic carbocycles. The molecule has 0 aromatic rings. The first-order valence-corrected chi connectivity index (χ1v) is 7.27. The molecule has 0 heterocycles. The van der Waals surface area contributed by atoms with Crippen LogP contribution in [0.3, 0.4) is 0 Å². The van der Waals surface area contributed by atoms with Gasteiger partial charge in [0, 0.05) is 18.1 Å². The van der Waals surface area contributed by atoms with Crippen LogP contribution in [0.2, 0.25) is 0 Å². The van der Waals surface area contributed by atoms with Gasteiger partial charge >= 0.3 is 0 Å². The van der Waals surface area contributed by atoms with Crippen LogP contribution in [0.4, 0.5) is 0 Å². The molecule has 0 bridgehead atoms. The number of nitrogens with two attached hydrogens (primary N) is 1. The minimum atomic E-state index is 0.475. The molecule has 1 atom stereocenters. The third-order valence-corrected chi connectivity index (χ3v) is 4.63. The summed E-state index contributed by atoms with van der Waals surface area (Å²) in [5.41, 5.74) is 5.94. The molecular formula is C14H28N2. The van der Waals surface area contributed by atoms with Crippen molar-refractivity contribution in [3.63, 3.8) is 0 Å². The van der Waals surface area contributed by atoms with Gasteiger partial charge in [0.15, 0.2) is 0 Å². The van der Waals surface area contributed by atoms with Gasteiger partial charge in [-0.3, -0.25) is 0 Å². The molecule has 2 saturated carbocycles. The maximum Gasteiger partial charge on any atom is 0.00708 e. The quantitative estimate of drug-likeness (QED) is 0.773. The molecule has 1 unspecified atom stereocenters. The molecule has 16 heavy (non-hydrogen) atoms. The first-order valence-electron chi connectivity index (χ1n) is 7.27. The van der Waals surface area contributed by atoms with Crippen molar-refractivity contribution in [2.24, 2.45) is 11.7 Å². The second-order valence-electron chi connectivity index (χ2n) is 5.97. The molecule has 94 valence electrons. The molecule has 2 fully saturated rings. The summed E-state index contributed by atoms with van der Waals surface area (Å²) in [7, 11) is 0. The second kappa shape index (κ2) is 6.02. The number of hydrogen-bond donors (Lipinski definition) is 2. The second-order valence-corrected chi connectivity index (χ2v) is 5.97. The normalized spacial score (nSPS) is 34.9.